The number of hydrogen-bond acceptors (Lipinski definition) is 5. The molecule has 7 heteroatoms. The van der Waals surface area contributed by atoms with Gasteiger partial charge in [0.25, 0.3) is 0 Å². The number of nitrogens with zero attached hydrogens (tertiary/aromatic N) is 4. The lowest BCUT2D eigenvalue weighted by Crippen LogP contribution is -1.88. The van der Waals surface area contributed by atoms with Crippen LogP contribution in [0, 0.1) is 28.5 Å². The Kier molecular flexibility index (Phi) is 4.05. The predicted octanol–water partition coefficient (Wildman–Crippen LogP) is 3.51. The summed E-state index contributed by atoms with van der Waals surface area (Å²) in [5.74, 6) is -0.117. The Bertz CT molecular complexity index is 919. The maximum Gasteiger partial charge on any atom is 0.213 e. The Labute approximate surface area is 135 Å². The van der Waals surface area contributed by atoms with Gasteiger partial charge in [0.15, 0.2) is 5.82 Å². The third-order valence-corrected chi connectivity index (χ3v) is 4.05. The largest absolute Gasteiger partial charge is 0.258 e. The fourth-order valence-electron chi connectivity index (χ4n) is 1.98. The monoisotopic (exact) mass is 321 g/mol. The lowest BCUT2D eigenvalue weighted by molar-refractivity contribution is 0.630. The van der Waals surface area contributed by atoms with Gasteiger partial charge in [-0.3, -0.25) is 5.10 Å². The number of aromatic amines is 1. The predicted molar refractivity (Wildman–Crippen MR) is 81.8 cm³/mol. The van der Waals surface area contributed by atoms with E-state index in [0.29, 0.717) is 32.6 Å². The number of rotatable bonds is 3. The van der Waals surface area contributed by atoms with E-state index in [1.165, 1.54) is 6.07 Å². The molecule has 1 heterocycles. The second-order valence-corrected chi connectivity index (χ2v) is 5.43. The van der Waals surface area contributed by atoms with Crippen molar-refractivity contribution in [2.75, 3.05) is 0 Å². The Morgan fingerprint density at radius 1 is 1.00 bits per heavy atom. The molecule has 5 nitrogen and oxygen atoms in total. The van der Waals surface area contributed by atoms with Gasteiger partial charge in [0, 0.05) is 0 Å². The van der Waals surface area contributed by atoms with Gasteiger partial charge in [-0.2, -0.15) is 10.5 Å². The molecule has 0 amide bonds. The van der Waals surface area contributed by atoms with Gasteiger partial charge in [0.2, 0.25) is 5.16 Å². The Morgan fingerprint density at radius 2 is 1.70 bits per heavy atom. The smallest absolute Gasteiger partial charge is 0.213 e. The van der Waals surface area contributed by atoms with Crippen molar-refractivity contribution in [2.24, 2.45) is 0 Å². The first-order valence-electron chi connectivity index (χ1n) is 6.51. The van der Waals surface area contributed by atoms with Crippen molar-refractivity contribution in [1.29, 1.82) is 10.5 Å². The molecule has 0 atom stereocenters. The number of nitriles is 2. The molecule has 0 unspecified atom stereocenters. The van der Waals surface area contributed by atoms with Crippen LogP contribution in [0.25, 0.3) is 11.4 Å². The summed E-state index contributed by atoms with van der Waals surface area (Å²) in [6, 6.07) is 15.2. The fourth-order valence-corrected chi connectivity index (χ4v) is 2.84. The van der Waals surface area contributed by atoms with Crippen molar-refractivity contribution in [3.63, 3.8) is 0 Å². The normalized spacial score (nSPS) is 10.0. The van der Waals surface area contributed by atoms with Crippen LogP contribution in [0.3, 0.4) is 0 Å². The number of benzene rings is 2. The van der Waals surface area contributed by atoms with Crippen LogP contribution in [0.15, 0.2) is 52.5 Å². The molecule has 3 aromatic rings. The van der Waals surface area contributed by atoms with E-state index in [9.17, 15) is 4.39 Å². The van der Waals surface area contributed by atoms with Gasteiger partial charge in [-0.1, -0.05) is 18.2 Å². The lowest BCUT2D eigenvalue weighted by Gasteiger charge is -2.02. The number of H-pyrrole nitrogens is 1. The van der Waals surface area contributed by atoms with Crippen LogP contribution >= 0.6 is 11.8 Å². The van der Waals surface area contributed by atoms with Gasteiger partial charge >= 0.3 is 0 Å². The summed E-state index contributed by atoms with van der Waals surface area (Å²) in [6.45, 7) is 0. The van der Waals surface area contributed by atoms with Crippen LogP contribution in [-0.2, 0) is 0 Å². The molecule has 0 aliphatic carbocycles. The van der Waals surface area contributed by atoms with E-state index in [2.05, 4.69) is 15.2 Å². The van der Waals surface area contributed by atoms with Crippen molar-refractivity contribution in [2.45, 2.75) is 10.1 Å². The topological polar surface area (TPSA) is 89.1 Å². The number of aromatic nitrogens is 3. The molecule has 0 spiro atoms. The van der Waals surface area contributed by atoms with E-state index in [1.54, 1.807) is 36.4 Å². The number of halogens is 1. The first-order valence-corrected chi connectivity index (χ1v) is 7.33. The minimum atomic E-state index is -0.407. The van der Waals surface area contributed by atoms with Gasteiger partial charge in [0.05, 0.1) is 21.6 Å². The van der Waals surface area contributed by atoms with Gasteiger partial charge in [-0.25, -0.2) is 9.37 Å². The Morgan fingerprint density at radius 3 is 2.35 bits per heavy atom. The average Bonchev–Trinajstić information content (AvgIpc) is 3.04. The van der Waals surface area contributed by atoms with E-state index in [-0.39, 0.29) is 0 Å². The fraction of sp³-hybridized carbons (Fsp3) is 0. The Hall–Kier alpha value is -3.16. The zero-order valence-corrected chi connectivity index (χ0v) is 12.4. The van der Waals surface area contributed by atoms with Crippen molar-refractivity contribution >= 4 is 11.8 Å². The van der Waals surface area contributed by atoms with Crippen LogP contribution in [0.1, 0.15) is 11.1 Å². The van der Waals surface area contributed by atoms with Gasteiger partial charge in [0.1, 0.15) is 18.0 Å². The quantitative estimate of drug-likeness (QED) is 0.797. The second-order valence-electron chi connectivity index (χ2n) is 4.45. The summed E-state index contributed by atoms with van der Waals surface area (Å²) in [5.41, 5.74) is 1.04. The van der Waals surface area contributed by atoms with Crippen molar-refractivity contribution in [3.8, 4) is 23.5 Å². The third kappa shape index (κ3) is 2.91. The molecular weight excluding hydrogens is 313 g/mol. The van der Waals surface area contributed by atoms with Crippen LogP contribution in [0.4, 0.5) is 4.39 Å². The molecule has 0 saturated heterocycles. The maximum absolute atomic E-state index is 13.8. The third-order valence-electron chi connectivity index (χ3n) is 3.04. The summed E-state index contributed by atoms with van der Waals surface area (Å²) in [7, 11) is 0. The molecule has 0 bridgehead atoms. The summed E-state index contributed by atoms with van der Waals surface area (Å²) >= 11 is 1.09. The molecule has 0 fully saturated rings. The zero-order chi connectivity index (χ0) is 16.2. The van der Waals surface area contributed by atoms with Gasteiger partial charge in [-0.05, 0) is 36.0 Å². The molecule has 0 aliphatic rings. The number of hydrogen-bond donors (Lipinski definition) is 1. The molecule has 1 N–H and O–H groups in total. The van der Waals surface area contributed by atoms with E-state index >= 15 is 0 Å². The molecule has 3 rings (SSSR count). The molecule has 2 aromatic carbocycles. The molecule has 0 saturated carbocycles. The molecule has 1 aromatic heterocycles. The zero-order valence-electron chi connectivity index (χ0n) is 11.6. The second kappa shape index (κ2) is 6.30. The number of nitrogens with one attached hydrogen (secondary N) is 1. The summed E-state index contributed by atoms with van der Waals surface area (Å²) in [5, 5.41) is 25.3. The minimum absolute atomic E-state index is 0.290. The molecule has 0 aliphatic heterocycles. The van der Waals surface area contributed by atoms with E-state index < -0.39 is 5.82 Å². The lowest BCUT2D eigenvalue weighted by atomic mass is 10.1. The summed E-state index contributed by atoms with van der Waals surface area (Å²) in [4.78, 5) is 4.71. The highest BCUT2D eigenvalue weighted by Gasteiger charge is 2.15. The molecule has 23 heavy (non-hydrogen) atoms. The first-order chi connectivity index (χ1) is 11.2. The SMILES string of the molecule is N#Cc1cccc(C#N)c1Sc1n[nH]c(-c2ccccc2F)n1. The van der Waals surface area contributed by atoms with E-state index in [4.69, 9.17) is 10.5 Å². The van der Waals surface area contributed by atoms with Crippen molar-refractivity contribution < 1.29 is 4.39 Å². The van der Waals surface area contributed by atoms with Crippen molar-refractivity contribution in [3.05, 3.63) is 59.4 Å². The van der Waals surface area contributed by atoms with Crippen molar-refractivity contribution in [1.82, 2.24) is 15.2 Å². The van der Waals surface area contributed by atoms with Crippen LogP contribution in [0.5, 0.6) is 0 Å². The highest BCUT2D eigenvalue weighted by molar-refractivity contribution is 7.99. The Balaban J connectivity index is 1.97. The van der Waals surface area contributed by atoms with E-state index in [0.717, 1.165) is 11.8 Å². The summed E-state index contributed by atoms with van der Waals surface area (Å²) < 4.78 is 13.8. The van der Waals surface area contributed by atoms with Gasteiger partial charge < -0.3 is 0 Å². The molecule has 110 valence electrons. The minimum Gasteiger partial charge on any atom is -0.258 e. The average molecular weight is 321 g/mol. The van der Waals surface area contributed by atoms with E-state index in [1.807, 2.05) is 12.1 Å². The standard InChI is InChI=1S/C16H8FN5S/c17-13-7-2-1-6-12(13)15-20-16(22-21-15)23-14-10(8-18)4-3-5-11(14)9-19/h1-7H,(H,20,21,22). The van der Waals surface area contributed by atoms with Gasteiger partial charge in [-0.15, -0.1) is 5.10 Å². The first kappa shape index (κ1) is 14.8. The highest BCUT2D eigenvalue weighted by atomic mass is 32.2. The molecule has 0 radical (unpaired) electrons. The highest BCUT2D eigenvalue weighted by Crippen LogP contribution is 2.32. The summed E-state index contributed by atoms with van der Waals surface area (Å²) in [6.07, 6.45) is 0. The maximum atomic E-state index is 13.8. The molecular formula is C16H8FN5S. The van der Waals surface area contributed by atoms with Crippen LogP contribution < -0.4 is 0 Å². The van der Waals surface area contributed by atoms with Crippen LogP contribution in [0.2, 0.25) is 0 Å². The van der Waals surface area contributed by atoms with Crippen LogP contribution in [-0.4, -0.2) is 15.2 Å².